The van der Waals surface area contributed by atoms with Crippen molar-refractivity contribution in [2.24, 2.45) is 0 Å². The first-order valence-electron chi connectivity index (χ1n) is 5.62. The van der Waals surface area contributed by atoms with Gasteiger partial charge in [0, 0.05) is 5.56 Å². The lowest BCUT2D eigenvalue weighted by Crippen LogP contribution is -2.18. The van der Waals surface area contributed by atoms with E-state index in [1.165, 1.54) is 5.56 Å². The van der Waals surface area contributed by atoms with E-state index in [1.807, 2.05) is 48.5 Å². The van der Waals surface area contributed by atoms with Crippen molar-refractivity contribution < 1.29 is 4.79 Å². The number of rotatable bonds is 4. The molecule has 0 saturated heterocycles. The molecule has 18 heavy (non-hydrogen) atoms. The highest BCUT2D eigenvalue weighted by Crippen LogP contribution is 2.33. The molecule has 2 unspecified atom stereocenters. The fourth-order valence-electron chi connectivity index (χ4n) is 1.70. The number of halogens is 2. The van der Waals surface area contributed by atoms with Gasteiger partial charge in [-0.15, -0.1) is 0 Å². The second-order valence-electron chi connectivity index (χ2n) is 3.94. The molecule has 0 heterocycles. The Morgan fingerprint density at radius 1 is 0.833 bits per heavy atom. The largest absolute Gasteiger partial charge is 0.293 e. The van der Waals surface area contributed by atoms with Crippen LogP contribution in [-0.2, 0) is 0 Å². The monoisotopic (exact) mass is 462 g/mol. The van der Waals surface area contributed by atoms with Gasteiger partial charge in [0.2, 0.25) is 0 Å². The van der Waals surface area contributed by atoms with Crippen LogP contribution < -0.4 is 0 Å². The van der Waals surface area contributed by atoms with Crippen molar-refractivity contribution in [3.05, 3.63) is 71.8 Å². The maximum atomic E-state index is 12.3. The summed E-state index contributed by atoms with van der Waals surface area (Å²) in [6.07, 6.45) is 0. The molecule has 1 nitrogen and oxygen atoms in total. The Balaban J connectivity index is 2.17. The van der Waals surface area contributed by atoms with Crippen LogP contribution in [-0.4, -0.2) is 9.71 Å². The molecule has 0 spiro atoms. The zero-order valence-electron chi connectivity index (χ0n) is 9.59. The van der Waals surface area contributed by atoms with E-state index in [0.29, 0.717) is 0 Å². The van der Waals surface area contributed by atoms with Gasteiger partial charge in [0.15, 0.2) is 5.78 Å². The van der Waals surface area contributed by atoms with E-state index in [-0.39, 0.29) is 13.6 Å². The summed E-state index contributed by atoms with van der Waals surface area (Å²) in [5.74, 6) is 0.194. The minimum absolute atomic E-state index is 0.0481. The molecule has 2 aromatic carbocycles. The van der Waals surface area contributed by atoms with Crippen molar-refractivity contribution in [2.75, 3.05) is 0 Å². The number of Topliss-reactive ketones (excluding diaryl/α,β-unsaturated/α-hetero) is 1. The molecule has 0 aromatic heterocycles. The predicted molar refractivity (Wildman–Crippen MR) is 91.8 cm³/mol. The van der Waals surface area contributed by atoms with Gasteiger partial charge in [0.25, 0.3) is 0 Å². The van der Waals surface area contributed by atoms with Crippen molar-refractivity contribution in [1.29, 1.82) is 0 Å². The molecule has 0 amide bonds. The van der Waals surface area contributed by atoms with Crippen molar-refractivity contribution >= 4 is 51.0 Å². The lowest BCUT2D eigenvalue weighted by molar-refractivity contribution is 0.0994. The maximum Gasteiger partial charge on any atom is 0.177 e. The van der Waals surface area contributed by atoms with Crippen molar-refractivity contribution in [1.82, 2.24) is 0 Å². The molecule has 92 valence electrons. The molecule has 2 aromatic rings. The van der Waals surface area contributed by atoms with Crippen LogP contribution in [0.4, 0.5) is 0 Å². The van der Waals surface area contributed by atoms with Crippen LogP contribution in [0.3, 0.4) is 0 Å². The molecule has 0 bridgehead atoms. The number of hydrogen-bond donors (Lipinski definition) is 0. The minimum Gasteiger partial charge on any atom is -0.293 e. The van der Waals surface area contributed by atoms with E-state index in [9.17, 15) is 4.79 Å². The van der Waals surface area contributed by atoms with Gasteiger partial charge in [0.05, 0.1) is 7.85 Å². The Labute approximate surface area is 134 Å². The van der Waals surface area contributed by atoms with Gasteiger partial charge in [0.1, 0.15) is 0 Å². The van der Waals surface area contributed by atoms with E-state index in [2.05, 4.69) is 57.3 Å². The van der Waals surface area contributed by atoms with Crippen LogP contribution in [0.5, 0.6) is 0 Å². The number of hydrogen-bond acceptors (Lipinski definition) is 1. The zero-order valence-corrected chi connectivity index (χ0v) is 13.9. The smallest absolute Gasteiger partial charge is 0.177 e. The van der Waals surface area contributed by atoms with Gasteiger partial charge >= 0.3 is 0 Å². The second-order valence-corrected chi connectivity index (χ2v) is 6.63. The number of carbonyl (C=O) groups is 1. The van der Waals surface area contributed by atoms with Gasteiger partial charge in [-0.1, -0.05) is 106 Å². The number of carbonyl (C=O) groups excluding carboxylic acids is 1. The SMILES string of the molecule is O=C(c1ccccc1)C(I)C(I)c1ccccc1. The normalized spacial score (nSPS) is 13.9. The Morgan fingerprint density at radius 3 is 1.89 bits per heavy atom. The Kier molecular flexibility index (Phi) is 5.17. The van der Waals surface area contributed by atoms with Crippen LogP contribution in [0.2, 0.25) is 0 Å². The summed E-state index contributed by atoms with van der Waals surface area (Å²) in [4.78, 5) is 12.3. The van der Waals surface area contributed by atoms with E-state index >= 15 is 0 Å². The summed E-state index contributed by atoms with van der Waals surface area (Å²) < 4.78 is 0.144. The molecular formula is C15H12I2O. The standard InChI is InChI=1S/C15H12I2O/c16-13(11-7-3-1-4-8-11)14(17)15(18)12-9-5-2-6-10-12/h1-10,13-14H. The third-order valence-electron chi connectivity index (χ3n) is 2.68. The first-order chi connectivity index (χ1) is 8.70. The molecule has 2 rings (SSSR count). The molecule has 0 fully saturated rings. The average Bonchev–Trinajstić information content (AvgIpc) is 2.47. The first kappa shape index (κ1) is 14.0. The molecule has 0 radical (unpaired) electrons. The van der Waals surface area contributed by atoms with Crippen molar-refractivity contribution in [3.8, 4) is 0 Å². The molecule has 0 saturated carbocycles. The molecule has 0 aliphatic carbocycles. The summed E-state index contributed by atoms with van der Waals surface area (Å²) in [7, 11) is 0. The lowest BCUT2D eigenvalue weighted by Gasteiger charge is -2.16. The average molecular weight is 462 g/mol. The van der Waals surface area contributed by atoms with Crippen molar-refractivity contribution in [3.63, 3.8) is 0 Å². The van der Waals surface area contributed by atoms with Gasteiger partial charge in [-0.2, -0.15) is 0 Å². The van der Waals surface area contributed by atoms with Gasteiger partial charge in [-0.25, -0.2) is 0 Å². The first-order valence-corrected chi connectivity index (χ1v) is 8.11. The Hall–Kier alpha value is -0.430. The van der Waals surface area contributed by atoms with E-state index in [4.69, 9.17) is 0 Å². The third kappa shape index (κ3) is 3.32. The molecule has 2 atom stereocenters. The summed E-state index contributed by atoms with van der Waals surface area (Å²) >= 11 is 4.59. The number of alkyl halides is 2. The summed E-state index contributed by atoms with van der Waals surface area (Å²) in [6.45, 7) is 0. The third-order valence-corrected chi connectivity index (χ3v) is 6.78. The highest BCUT2D eigenvalue weighted by molar-refractivity contribution is 14.1. The van der Waals surface area contributed by atoms with Crippen LogP contribution in [0.15, 0.2) is 60.7 Å². The lowest BCUT2D eigenvalue weighted by atomic mass is 10.0. The fourth-order valence-corrected chi connectivity index (χ4v) is 3.22. The summed E-state index contributed by atoms with van der Waals surface area (Å²) in [5.41, 5.74) is 1.98. The highest BCUT2D eigenvalue weighted by atomic mass is 127. The van der Waals surface area contributed by atoms with Crippen LogP contribution >= 0.6 is 45.2 Å². The molecule has 0 aliphatic rings. The Bertz CT molecular complexity index is 511. The van der Waals surface area contributed by atoms with Crippen LogP contribution in [0, 0.1) is 0 Å². The van der Waals surface area contributed by atoms with E-state index < -0.39 is 0 Å². The molecule has 0 N–H and O–H groups in total. The van der Waals surface area contributed by atoms with E-state index in [1.54, 1.807) is 0 Å². The quantitative estimate of drug-likeness (QED) is 0.361. The number of ketones is 1. The van der Waals surface area contributed by atoms with Gasteiger partial charge in [-0.3, -0.25) is 4.79 Å². The second kappa shape index (κ2) is 6.65. The fraction of sp³-hybridized carbons (Fsp3) is 0.133. The highest BCUT2D eigenvalue weighted by Gasteiger charge is 2.25. The minimum atomic E-state index is -0.0481. The zero-order chi connectivity index (χ0) is 13.0. The maximum absolute atomic E-state index is 12.3. The van der Waals surface area contributed by atoms with Crippen LogP contribution in [0.1, 0.15) is 19.8 Å². The summed E-state index contributed by atoms with van der Waals surface area (Å²) in [6, 6.07) is 19.6. The topological polar surface area (TPSA) is 17.1 Å². The van der Waals surface area contributed by atoms with Gasteiger partial charge in [-0.05, 0) is 5.56 Å². The van der Waals surface area contributed by atoms with Gasteiger partial charge < -0.3 is 0 Å². The number of benzene rings is 2. The predicted octanol–water partition coefficient (Wildman–Crippen LogP) is 4.85. The van der Waals surface area contributed by atoms with Crippen molar-refractivity contribution in [2.45, 2.75) is 7.85 Å². The van der Waals surface area contributed by atoms with E-state index in [0.717, 1.165) is 5.56 Å². The van der Waals surface area contributed by atoms with Crippen LogP contribution in [0.25, 0.3) is 0 Å². The molecule has 3 heteroatoms. The summed E-state index contributed by atoms with van der Waals surface area (Å²) in [5, 5.41) is 0. The Morgan fingerprint density at radius 2 is 1.33 bits per heavy atom. The molecular weight excluding hydrogens is 450 g/mol. The molecule has 0 aliphatic heterocycles.